The fourth-order valence-electron chi connectivity index (χ4n) is 2.43. The first-order valence-electron chi connectivity index (χ1n) is 6.44. The molecule has 1 aliphatic heterocycles. The lowest BCUT2D eigenvalue weighted by molar-refractivity contribution is 0.0998. The first kappa shape index (κ1) is 14.0. The van der Waals surface area contributed by atoms with Crippen molar-refractivity contribution in [2.45, 2.75) is 37.8 Å². The highest BCUT2D eigenvalue weighted by atomic mass is 79.9. The number of nitrogens with one attached hydrogen (secondary N) is 1. The van der Waals surface area contributed by atoms with E-state index >= 15 is 0 Å². The molecular weight excluding hydrogens is 297 g/mol. The van der Waals surface area contributed by atoms with Crippen molar-refractivity contribution in [3.63, 3.8) is 0 Å². The summed E-state index contributed by atoms with van der Waals surface area (Å²) in [6, 6.07) is 5.46. The van der Waals surface area contributed by atoms with Crippen molar-refractivity contribution in [1.29, 1.82) is 0 Å². The Morgan fingerprint density at radius 3 is 3.00 bits per heavy atom. The highest BCUT2D eigenvalue weighted by Gasteiger charge is 2.18. The minimum absolute atomic E-state index is 0.215. The Balaban J connectivity index is 1.96. The van der Waals surface area contributed by atoms with Gasteiger partial charge in [0.05, 0.1) is 10.6 Å². The first-order chi connectivity index (χ1) is 8.70. The summed E-state index contributed by atoms with van der Waals surface area (Å²) in [5.41, 5.74) is 1.11. The molecular formula is C14H19BrFNO. The molecule has 0 bridgehead atoms. The van der Waals surface area contributed by atoms with Crippen LogP contribution in [0.2, 0.25) is 0 Å². The van der Waals surface area contributed by atoms with Gasteiger partial charge in [0, 0.05) is 12.6 Å². The summed E-state index contributed by atoms with van der Waals surface area (Å²) in [6.45, 7) is 0.900. The molecule has 0 radical (unpaired) electrons. The topological polar surface area (TPSA) is 21.3 Å². The Morgan fingerprint density at radius 1 is 1.56 bits per heavy atom. The standard InChI is InChI=1S/C14H19BrFNO/c1-17-14(7-5-11-3-2-8-18-11)10-4-6-13(16)12(15)9-10/h4,6,9,11,14,17H,2-3,5,7-8H2,1H3. The molecule has 2 nitrogen and oxygen atoms in total. The molecule has 1 aromatic rings. The summed E-state index contributed by atoms with van der Waals surface area (Å²) >= 11 is 3.23. The lowest BCUT2D eigenvalue weighted by Crippen LogP contribution is -2.18. The van der Waals surface area contributed by atoms with Gasteiger partial charge in [0.25, 0.3) is 0 Å². The second-order valence-electron chi connectivity index (χ2n) is 4.73. The van der Waals surface area contributed by atoms with Crippen LogP contribution in [0.1, 0.15) is 37.3 Å². The number of hydrogen-bond acceptors (Lipinski definition) is 2. The van der Waals surface area contributed by atoms with Gasteiger partial charge in [-0.15, -0.1) is 0 Å². The molecule has 2 unspecified atom stereocenters. The van der Waals surface area contributed by atoms with Crippen molar-refractivity contribution in [2.24, 2.45) is 0 Å². The zero-order valence-electron chi connectivity index (χ0n) is 10.6. The van der Waals surface area contributed by atoms with Gasteiger partial charge in [0.2, 0.25) is 0 Å². The molecule has 1 aromatic carbocycles. The number of benzene rings is 1. The van der Waals surface area contributed by atoms with Crippen molar-refractivity contribution in [2.75, 3.05) is 13.7 Å². The minimum atomic E-state index is -0.215. The quantitative estimate of drug-likeness (QED) is 0.892. The van der Waals surface area contributed by atoms with Gasteiger partial charge >= 0.3 is 0 Å². The smallest absolute Gasteiger partial charge is 0.137 e. The maximum Gasteiger partial charge on any atom is 0.137 e. The van der Waals surface area contributed by atoms with E-state index in [-0.39, 0.29) is 11.9 Å². The third-order valence-electron chi connectivity index (χ3n) is 3.50. The Kier molecular flexibility index (Phi) is 5.15. The average Bonchev–Trinajstić information content (AvgIpc) is 2.87. The first-order valence-corrected chi connectivity index (χ1v) is 7.24. The molecule has 1 N–H and O–H groups in total. The van der Waals surface area contributed by atoms with E-state index in [1.807, 2.05) is 19.2 Å². The van der Waals surface area contributed by atoms with E-state index in [9.17, 15) is 4.39 Å². The maximum atomic E-state index is 13.2. The monoisotopic (exact) mass is 315 g/mol. The molecule has 4 heteroatoms. The third-order valence-corrected chi connectivity index (χ3v) is 4.10. The van der Waals surface area contributed by atoms with E-state index in [4.69, 9.17) is 4.74 Å². The van der Waals surface area contributed by atoms with Crippen molar-refractivity contribution >= 4 is 15.9 Å². The number of halogens is 2. The van der Waals surface area contributed by atoms with Gasteiger partial charge in [-0.3, -0.25) is 0 Å². The van der Waals surface area contributed by atoms with E-state index in [1.165, 1.54) is 18.9 Å². The van der Waals surface area contributed by atoms with E-state index in [1.54, 1.807) is 0 Å². The largest absolute Gasteiger partial charge is 0.378 e. The van der Waals surface area contributed by atoms with Gasteiger partial charge < -0.3 is 10.1 Å². The normalized spacial score (nSPS) is 21.2. The third kappa shape index (κ3) is 3.53. The molecule has 1 aliphatic rings. The number of hydrogen-bond donors (Lipinski definition) is 1. The highest BCUT2D eigenvalue weighted by molar-refractivity contribution is 9.10. The lowest BCUT2D eigenvalue weighted by atomic mass is 9.99. The van der Waals surface area contributed by atoms with Crippen LogP contribution in [0.25, 0.3) is 0 Å². The van der Waals surface area contributed by atoms with Crippen LogP contribution in [0.3, 0.4) is 0 Å². The van der Waals surface area contributed by atoms with Crippen molar-refractivity contribution in [3.05, 3.63) is 34.1 Å². The molecule has 0 amide bonds. The Hall–Kier alpha value is -0.450. The summed E-state index contributed by atoms with van der Waals surface area (Å²) in [4.78, 5) is 0. The summed E-state index contributed by atoms with van der Waals surface area (Å²) in [6.07, 6.45) is 4.82. The Labute approximate surface area is 116 Å². The number of rotatable bonds is 5. The van der Waals surface area contributed by atoms with Gasteiger partial charge in [0.1, 0.15) is 5.82 Å². The van der Waals surface area contributed by atoms with Gasteiger partial charge in [-0.05, 0) is 66.4 Å². The average molecular weight is 316 g/mol. The van der Waals surface area contributed by atoms with Crippen molar-refractivity contribution in [1.82, 2.24) is 5.32 Å². The summed E-state index contributed by atoms with van der Waals surface area (Å²) in [5.74, 6) is -0.215. The van der Waals surface area contributed by atoms with Crippen LogP contribution in [-0.2, 0) is 4.74 Å². The van der Waals surface area contributed by atoms with Crippen LogP contribution in [0.15, 0.2) is 22.7 Å². The summed E-state index contributed by atoms with van der Waals surface area (Å²) in [5, 5.41) is 3.29. The van der Waals surface area contributed by atoms with Gasteiger partial charge in [0.15, 0.2) is 0 Å². The molecule has 0 spiro atoms. The van der Waals surface area contributed by atoms with Crippen LogP contribution in [-0.4, -0.2) is 19.8 Å². The van der Waals surface area contributed by atoms with Crippen LogP contribution < -0.4 is 5.32 Å². The van der Waals surface area contributed by atoms with Gasteiger partial charge in [-0.1, -0.05) is 6.07 Å². The Bertz CT molecular complexity index is 393. The van der Waals surface area contributed by atoms with Crippen LogP contribution in [0.4, 0.5) is 4.39 Å². The van der Waals surface area contributed by atoms with Crippen LogP contribution >= 0.6 is 15.9 Å². The fraction of sp³-hybridized carbons (Fsp3) is 0.571. The molecule has 0 saturated carbocycles. The van der Waals surface area contributed by atoms with Crippen molar-refractivity contribution in [3.8, 4) is 0 Å². The van der Waals surface area contributed by atoms with Crippen LogP contribution in [0, 0.1) is 5.82 Å². The second-order valence-corrected chi connectivity index (χ2v) is 5.58. The molecule has 0 aromatic heterocycles. The molecule has 2 rings (SSSR count). The van der Waals surface area contributed by atoms with E-state index in [0.29, 0.717) is 10.6 Å². The predicted molar refractivity (Wildman–Crippen MR) is 74.1 cm³/mol. The molecule has 100 valence electrons. The SMILES string of the molecule is CNC(CCC1CCCO1)c1ccc(F)c(Br)c1. The van der Waals surface area contributed by atoms with Gasteiger partial charge in [-0.25, -0.2) is 4.39 Å². The molecule has 1 heterocycles. The molecule has 1 fully saturated rings. The molecule has 1 saturated heterocycles. The number of ether oxygens (including phenoxy) is 1. The summed E-state index contributed by atoms with van der Waals surface area (Å²) in [7, 11) is 1.94. The predicted octanol–water partition coefficient (Wildman–Crippen LogP) is 3.81. The zero-order chi connectivity index (χ0) is 13.0. The van der Waals surface area contributed by atoms with Gasteiger partial charge in [-0.2, -0.15) is 0 Å². The maximum absolute atomic E-state index is 13.2. The van der Waals surface area contributed by atoms with E-state index in [0.717, 1.165) is 25.0 Å². The fourth-order valence-corrected chi connectivity index (χ4v) is 2.83. The Morgan fingerprint density at radius 2 is 2.39 bits per heavy atom. The molecule has 0 aliphatic carbocycles. The zero-order valence-corrected chi connectivity index (χ0v) is 12.2. The van der Waals surface area contributed by atoms with Crippen molar-refractivity contribution < 1.29 is 9.13 Å². The molecule has 2 atom stereocenters. The second kappa shape index (κ2) is 6.64. The molecule has 18 heavy (non-hydrogen) atoms. The van der Waals surface area contributed by atoms with E-state index in [2.05, 4.69) is 21.2 Å². The lowest BCUT2D eigenvalue weighted by Gasteiger charge is -2.19. The van der Waals surface area contributed by atoms with Crippen LogP contribution in [0.5, 0.6) is 0 Å². The summed E-state index contributed by atoms with van der Waals surface area (Å²) < 4.78 is 19.4. The highest BCUT2D eigenvalue weighted by Crippen LogP contribution is 2.26. The minimum Gasteiger partial charge on any atom is -0.378 e. The van der Waals surface area contributed by atoms with E-state index < -0.39 is 0 Å².